The van der Waals surface area contributed by atoms with Crippen molar-refractivity contribution in [1.29, 1.82) is 0 Å². The molecule has 1 fully saturated rings. The van der Waals surface area contributed by atoms with Crippen molar-refractivity contribution in [3.8, 4) is 5.75 Å². The maximum absolute atomic E-state index is 5.39. The van der Waals surface area contributed by atoms with Gasteiger partial charge in [0.2, 0.25) is 0 Å². The predicted molar refractivity (Wildman–Crippen MR) is 71.3 cm³/mol. The van der Waals surface area contributed by atoms with Crippen molar-refractivity contribution in [2.24, 2.45) is 0 Å². The maximum Gasteiger partial charge on any atom is 0.174 e. The second-order valence-corrected chi connectivity index (χ2v) is 3.99. The van der Waals surface area contributed by atoms with Crippen molar-refractivity contribution >= 4 is 11.4 Å². The molecule has 100 valence electrons. The number of rotatable bonds is 6. The van der Waals surface area contributed by atoms with Gasteiger partial charge in [-0.2, -0.15) is 0 Å². The lowest BCUT2D eigenvalue weighted by atomic mass is 10.2. The third-order valence-corrected chi connectivity index (χ3v) is 2.74. The number of methoxy groups -OCH3 is 1. The first-order chi connectivity index (χ1) is 8.83. The van der Waals surface area contributed by atoms with Crippen LogP contribution in [-0.2, 0) is 9.47 Å². The first-order valence-electron chi connectivity index (χ1n) is 6.22. The molecule has 0 aliphatic carbocycles. The van der Waals surface area contributed by atoms with E-state index in [2.05, 4.69) is 17.6 Å². The fourth-order valence-electron chi connectivity index (χ4n) is 1.86. The molecule has 1 aliphatic heterocycles. The molecule has 1 saturated heterocycles. The zero-order chi connectivity index (χ0) is 12.8. The van der Waals surface area contributed by atoms with Crippen molar-refractivity contribution in [2.45, 2.75) is 13.2 Å². The summed E-state index contributed by atoms with van der Waals surface area (Å²) in [5.41, 5.74) is 2.05. The third kappa shape index (κ3) is 3.27. The molecule has 0 unspecified atom stereocenters. The summed E-state index contributed by atoms with van der Waals surface area (Å²) < 4.78 is 16.0. The smallest absolute Gasteiger partial charge is 0.174 e. The summed E-state index contributed by atoms with van der Waals surface area (Å²) in [5, 5.41) is 6.63. The summed E-state index contributed by atoms with van der Waals surface area (Å²) in [7, 11) is 1.66. The van der Waals surface area contributed by atoms with Crippen LogP contribution in [-0.4, -0.2) is 39.7 Å². The normalized spacial score (nSPS) is 15.7. The number of anilines is 2. The van der Waals surface area contributed by atoms with Gasteiger partial charge in [0.25, 0.3) is 0 Å². The lowest BCUT2D eigenvalue weighted by Gasteiger charge is -2.16. The Morgan fingerprint density at radius 2 is 2.00 bits per heavy atom. The summed E-state index contributed by atoms with van der Waals surface area (Å²) in [5.74, 6) is 0.826. The van der Waals surface area contributed by atoms with E-state index in [0.717, 1.165) is 23.7 Å². The number of hydrogen-bond donors (Lipinski definition) is 2. The topological polar surface area (TPSA) is 51.8 Å². The van der Waals surface area contributed by atoms with Crippen LogP contribution in [0.5, 0.6) is 5.75 Å². The van der Waals surface area contributed by atoms with Gasteiger partial charge in [0, 0.05) is 12.6 Å². The molecule has 0 radical (unpaired) electrons. The summed E-state index contributed by atoms with van der Waals surface area (Å²) in [6.07, 6.45) is -0.161. The van der Waals surface area contributed by atoms with Crippen LogP contribution in [0.2, 0.25) is 0 Å². The Morgan fingerprint density at radius 3 is 2.67 bits per heavy atom. The molecule has 5 nitrogen and oxygen atoms in total. The monoisotopic (exact) mass is 252 g/mol. The van der Waals surface area contributed by atoms with Crippen LogP contribution >= 0.6 is 0 Å². The fourth-order valence-corrected chi connectivity index (χ4v) is 1.86. The average Bonchev–Trinajstić information content (AvgIpc) is 2.91. The Labute approximate surface area is 107 Å². The Morgan fingerprint density at radius 1 is 1.22 bits per heavy atom. The summed E-state index contributed by atoms with van der Waals surface area (Å²) >= 11 is 0. The summed E-state index contributed by atoms with van der Waals surface area (Å²) in [6, 6.07) is 5.90. The number of ether oxygens (including phenoxy) is 3. The van der Waals surface area contributed by atoms with Crippen LogP contribution in [0.15, 0.2) is 18.2 Å². The van der Waals surface area contributed by atoms with Crippen LogP contribution in [0.3, 0.4) is 0 Å². The molecule has 2 N–H and O–H groups in total. The van der Waals surface area contributed by atoms with Crippen molar-refractivity contribution in [1.82, 2.24) is 0 Å². The third-order valence-electron chi connectivity index (χ3n) is 2.74. The fraction of sp³-hybridized carbons (Fsp3) is 0.538. The van der Waals surface area contributed by atoms with Gasteiger partial charge in [-0.1, -0.05) is 0 Å². The minimum atomic E-state index is -0.161. The van der Waals surface area contributed by atoms with Crippen LogP contribution in [0.1, 0.15) is 6.92 Å². The molecule has 0 aromatic heterocycles. The molecule has 0 spiro atoms. The van der Waals surface area contributed by atoms with E-state index in [1.165, 1.54) is 0 Å². The van der Waals surface area contributed by atoms with E-state index in [4.69, 9.17) is 14.2 Å². The first-order valence-corrected chi connectivity index (χ1v) is 6.22. The van der Waals surface area contributed by atoms with E-state index >= 15 is 0 Å². The van der Waals surface area contributed by atoms with Crippen LogP contribution in [0.25, 0.3) is 0 Å². The van der Waals surface area contributed by atoms with Gasteiger partial charge in [0.05, 0.1) is 38.2 Å². The zero-order valence-corrected chi connectivity index (χ0v) is 10.9. The van der Waals surface area contributed by atoms with Crippen molar-refractivity contribution in [2.75, 3.05) is 44.0 Å². The summed E-state index contributed by atoms with van der Waals surface area (Å²) in [4.78, 5) is 0. The molecule has 18 heavy (non-hydrogen) atoms. The van der Waals surface area contributed by atoms with Crippen LogP contribution in [0, 0.1) is 0 Å². The highest BCUT2D eigenvalue weighted by Gasteiger charge is 2.16. The molecule has 2 rings (SSSR count). The van der Waals surface area contributed by atoms with Gasteiger partial charge >= 0.3 is 0 Å². The maximum atomic E-state index is 5.39. The minimum absolute atomic E-state index is 0.161. The first kappa shape index (κ1) is 13.0. The number of hydrogen-bond acceptors (Lipinski definition) is 5. The van der Waals surface area contributed by atoms with Crippen molar-refractivity contribution < 1.29 is 14.2 Å². The van der Waals surface area contributed by atoms with E-state index < -0.39 is 0 Å². The molecule has 0 bridgehead atoms. The highest BCUT2D eigenvalue weighted by atomic mass is 16.7. The highest BCUT2D eigenvalue weighted by Crippen LogP contribution is 2.27. The lowest BCUT2D eigenvalue weighted by molar-refractivity contribution is -0.0299. The molecule has 1 aromatic carbocycles. The predicted octanol–water partition coefficient (Wildman–Crippen LogP) is 1.91. The van der Waals surface area contributed by atoms with Crippen LogP contribution < -0.4 is 15.4 Å². The molecular weight excluding hydrogens is 232 g/mol. The van der Waals surface area contributed by atoms with E-state index in [1.54, 1.807) is 7.11 Å². The number of nitrogens with one attached hydrogen (secondary N) is 2. The number of benzene rings is 1. The highest BCUT2D eigenvalue weighted by molar-refractivity contribution is 5.70. The van der Waals surface area contributed by atoms with Gasteiger partial charge in [-0.3, -0.25) is 0 Å². The molecule has 1 heterocycles. The van der Waals surface area contributed by atoms with Gasteiger partial charge in [0.15, 0.2) is 6.29 Å². The molecule has 0 saturated carbocycles. The van der Waals surface area contributed by atoms with Gasteiger partial charge < -0.3 is 24.8 Å². The second kappa shape index (κ2) is 6.47. The van der Waals surface area contributed by atoms with E-state index in [1.807, 2.05) is 18.2 Å². The quantitative estimate of drug-likeness (QED) is 0.810. The standard InChI is InChI=1S/C13H20N2O3/c1-3-14-11-5-4-10(16-2)8-12(11)15-9-13-17-6-7-18-13/h4-5,8,13-15H,3,6-7,9H2,1-2H3. The Bertz CT molecular complexity index is 378. The van der Waals surface area contributed by atoms with E-state index in [9.17, 15) is 0 Å². The van der Waals surface area contributed by atoms with Gasteiger partial charge in [-0.25, -0.2) is 0 Å². The SMILES string of the molecule is CCNc1ccc(OC)cc1NCC1OCCO1. The van der Waals surface area contributed by atoms with E-state index in [-0.39, 0.29) is 6.29 Å². The molecule has 0 atom stereocenters. The largest absolute Gasteiger partial charge is 0.497 e. The van der Waals surface area contributed by atoms with Crippen molar-refractivity contribution in [3.05, 3.63) is 18.2 Å². The molecular formula is C13H20N2O3. The zero-order valence-electron chi connectivity index (χ0n) is 10.9. The van der Waals surface area contributed by atoms with Gasteiger partial charge in [-0.05, 0) is 19.1 Å². The molecule has 0 amide bonds. The second-order valence-electron chi connectivity index (χ2n) is 3.99. The Kier molecular flexibility index (Phi) is 4.66. The van der Waals surface area contributed by atoms with Gasteiger partial charge in [-0.15, -0.1) is 0 Å². The lowest BCUT2D eigenvalue weighted by Crippen LogP contribution is -2.20. The molecule has 1 aromatic rings. The Hall–Kier alpha value is -1.46. The summed E-state index contributed by atoms with van der Waals surface area (Å²) in [6.45, 7) is 4.91. The average molecular weight is 252 g/mol. The van der Waals surface area contributed by atoms with Gasteiger partial charge in [0.1, 0.15) is 5.75 Å². The Balaban J connectivity index is 2.02. The van der Waals surface area contributed by atoms with E-state index in [0.29, 0.717) is 19.8 Å². The minimum Gasteiger partial charge on any atom is -0.497 e. The molecule has 5 heteroatoms. The van der Waals surface area contributed by atoms with Crippen LogP contribution in [0.4, 0.5) is 11.4 Å². The van der Waals surface area contributed by atoms with Crippen molar-refractivity contribution in [3.63, 3.8) is 0 Å². The molecule has 1 aliphatic rings.